The number of carboxylic acid groups (broad SMARTS) is 2. The third kappa shape index (κ3) is 2.57. The van der Waals surface area contributed by atoms with E-state index in [1.165, 1.54) is 18.2 Å². The third-order valence-corrected chi connectivity index (χ3v) is 1.69. The smallest absolute Gasteiger partial charge is 0.340 e. The Hall–Kier alpha value is -2.30. The van der Waals surface area contributed by atoms with Crippen LogP contribution in [0.2, 0.25) is 0 Å². The Morgan fingerprint density at radius 1 is 1.20 bits per heavy atom. The minimum absolute atomic E-state index is 0.143. The number of hydrogen-bond acceptors (Lipinski definition) is 3. The molecule has 0 saturated heterocycles. The van der Waals surface area contributed by atoms with Gasteiger partial charge in [0.1, 0.15) is 11.3 Å². The molecule has 0 aromatic heterocycles. The quantitative estimate of drug-likeness (QED) is 0.648. The van der Waals surface area contributed by atoms with Crippen LogP contribution >= 0.6 is 0 Å². The fourth-order valence-electron chi connectivity index (χ4n) is 1.09. The lowest BCUT2D eigenvalue weighted by Gasteiger charge is -2.02. The summed E-state index contributed by atoms with van der Waals surface area (Å²) in [5.41, 5.74) is -0.167. The molecule has 0 heterocycles. The van der Waals surface area contributed by atoms with E-state index >= 15 is 0 Å². The van der Waals surface area contributed by atoms with Gasteiger partial charge in [0.2, 0.25) is 0 Å². The topological polar surface area (TPSA) is 94.8 Å². The molecule has 0 aliphatic rings. The summed E-state index contributed by atoms with van der Waals surface area (Å²) in [6, 6.07) is 4.06. The predicted molar refractivity (Wildman–Crippen MR) is 51.7 cm³/mol. The minimum atomic E-state index is -1.31. The van der Waals surface area contributed by atoms with Gasteiger partial charge in [0.15, 0.2) is 0 Å². The molecule has 0 unspecified atom stereocenters. The fraction of sp³-hybridized carbons (Fsp3) is 0. The van der Waals surface area contributed by atoms with Gasteiger partial charge in [0.05, 0.1) is 0 Å². The van der Waals surface area contributed by atoms with E-state index < -0.39 is 17.7 Å². The van der Waals surface area contributed by atoms with Crippen LogP contribution in [0.4, 0.5) is 0 Å². The van der Waals surface area contributed by atoms with Crippen LogP contribution in [0.15, 0.2) is 24.3 Å². The van der Waals surface area contributed by atoms with E-state index in [1.54, 1.807) is 0 Å². The number of benzene rings is 1. The van der Waals surface area contributed by atoms with Gasteiger partial charge in [-0.2, -0.15) is 0 Å². The molecule has 0 spiro atoms. The highest BCUT2D eigenvalue weighted by molar-refractivity contribution is 5.96. The van der Waals surface area contributed by atoms with E-state index in [9.17, 15) is 14.7 Å². The van der Waals surface area contributed by atoms with Gasteiger partial charge in [0.25, 0.3) is 0 Å². The highest BCUT2D eigenvalue weighted by atomic mass is 16.4. The first-order valence-electron chi connectivity index (χ1n) is 3.98. The summed E-state index contributed by atoms with van der Waals surface area (Å²) in [5.74, 6) is -2.89. The maximum absolute atomic E-state index is 10.7. The Morgan fingerprint density at radius 3 is 2.40 bits per heavy atom. The van der Waals surface area contributed by atoms with Crippen LogP contribution in [0, 0.1) is 0 Å². The lowest BCUT2D eigenvalue weighted by Crippen LogP contribution is -2.00. The van der Waals surface area contributed by atoms with Crippen molar-refractivity contribution in [3.8, 4) is 5.75 Å². The Kier molecular flexibility index (Phi) is 3.07. The Labute approximate surface area is 84.9 Å². The lowest BCUT2D eigenvalue weighted by molar-refractivity contribution is -0.131. The molecule has 0 aliphatic carbocycles. The predicted octanol–water partition coefficient (Wildman–Crippen LogP) is 1.19. The molecule has 3 N–H and O–H groups in total. The summed E-state index contributed by atoms with van der Waals surface area (Å²) in [6.07, 6.45) is 1.92. The number of carboxylic acids is 2. The molecular formula is C10H8O5. The van der Waals surface area contributed by atoms with Gasteiger partial charge < -0.3 is 15.3 Å². The normalized spacial score (nSPS) is 10.4. The lowest BCUT2D eigenvalue weighted by atomic mass is 10.1. The summed E-state index contributed by atoms with van der Waals surface area (Å²) in [7, 11) is 0. The first-order valence-corrected chi connectivity index (χ1v) is 3.98. The molecule has 0 radical (unpaired) electrons. The largest absolute Gasteiger partial charge is 0.507 e. The van der Waals surface area contributed by atoms with Gasteiger partial charge in [-0.05, 0) is 17.7 Å². The highest BCUT2D eigenvalue weighted by Gasteiger charge is 2.12. The van der Waals surface area contributed by atoms with Gasteiger partial charge in [-0.25, -0.2) is 9.59 Å². The molecule has 5 nitrogen and oxygen atoms in total. The molecule has 0 amide bonds. The second kappa shape index (κ2) is 4.28. The zero-order valence-electron chi connectivity index (χ0n) is 7.54. The first kappa shape index (κ1) is 10.8. The van der Waals surface area contributed by atoms with Crippen molar-refractivity contribution >= 4 is 18.0 Å². The number of aliphatic carboxylic acids is 1. The van der Waals surface area contributed by atoms with Crippen molar-refractivity contribution in [2.45, 2.75) is 0 Å². The molecule has 1 aromatic carbocycles. The first-order chi connectivity index (χ1) is 7.02. The van der Waals surface area contributed by atoms with Crippen LogP contribution < -0.4 is 0 Å². The fourth-order valence-corrected chi connectivity index (χ4v) is 1.09. The summed E-state index contributed by atoms with van der Waals surface area (Å²) in [4.78, 5) is 21.0. The van der Waals surface area contributed by atoms with Crippen molar-refractivity contribution in [1.82, 2.24) is 0 Å². The van der Waals surface area contributed by atoms with E-state index in [2.05, 4.69) is 0 Å². The van der Waals surface area contributed by atoms with E-state index in [0.717, 1.165) is 12.2 Å². The summed E-state index contributed by atoms with van der Waals surface area (Å²) in [6.45, 7) is 0. The number of aromatic carboxylic acids is 1. The second-order valence-electron chi connectivity index (χ2n) is 2.72. The van der Waals surface area contributed by atoms with E-state index in [-0.39, 0.29) is 11.1 Å². The molecule has 0 aliphatic heterocycles. The number of rotatable bonds is 3. The van der Waals surface area contributed by atoms with E-state index in [1.807, 2.05) is 0 Å². The number of carbonyl (C=O) groups is 2. The molecule has 1 rings (SSSR count). The Balaban J connectivity index is 3.23. The zero-order chi connectivity index (χ0) is 11.4. The molecule has 0 saturated carbocycles. The van der Waals surface area contributed by atoms with Crippen LogP contribution in [0.25, 0.3) is 6.08 Å². The Morgan fingerprint density at radius 2 is 1.87 bits per heavy atom. The van der Waals surface area contributed by atoms with Gasteiger partial charge in [-0.15, -0.1) is 0 Å². The van der Waals surface area contributed by atoms with E-state index in [4.69, 9.17) is 10.2 Å². The molecule has 15 heavy (non-hydrogen) atoms. The summed E-state index contributed by atoms with van der Waals surface area (Å²) in [5, 5.41) is 26.4. The number of aromatic hydroxyl groups is 1. The van der Waals surface area contributed by atoms with Gasteiger partial charge in [0, 0.05) is 6.08 Å². The van der Waals surface area contributed by atoms with Crippen molar-refractivity contribution in [3.05, 3.63) is 35.4 Å². The van der Waals surface area contributed by atoms with Crippen LogP contribution in [0.5, 0.6) is 5.75 Å². The average molecular weight is 208 g/mol. The molecule has 0 bridgehead atoms. The third-order valence-electron chi connectivity index (χ3n) is 1.69. The summed E-state index contributed by atoms with van der Waals surface area (Å²) < 4.78 is 0. The molecule has 0 atom stereocenters. The molecule has 5 heteroatoms. The summed E-state index contributed by atoms with van der Waals surface area (Å²) >= 11 is 0. The number of phenols is 1. The maximum atomic E-state index is 10.7. The van der Waals surface area contributed by atoms with Gasteiger partial charge >= 0.3 is 11.9 Å². The second-order valence-corrected chi connectivity index (χ2v) is 2.72. The van der Waals surface area contributed by atoms with Crippen molar-refractivity contribution in [3.63, 3.8) is 0 Å². The van der Waals surface area contributed by atoms with Crippen molar-refractivity contribution in [1.29, 1.82) is 0 Å². The van der Waals surface area contributed by atoms with Crippen LogP contribution in [-0.4, -0.2) is 27.3 Å². The highest BCUT2D eigenvalue weighted by Crippen LogP contribution is 2.21. The van der Waals surface area contributed by atoms with Crippen LogP contribution in [0.3, 0.4) is 0 Å². The monoisotopic (exact) mass is 208 g/mol. The van der Waals surface area contributed by atoms with Gasteiger partial charge in [-0.3, -0.25) is 0 Å². The zero-order valence-corrected chi connectivity index (χ0v) is 7.54. The number of hydrogen-bond donors (Lipinski definition) is 3. The molecule has 1 aromatic rings. The maximum Gasteiger partial charge on any atom is 0.340 e. The van der Waals surface area contributed by atoms with Crippen molar-refractivity contribution in [2.75, 3.05) is 0 Å². The van der Waals surface area contributed by atoms with Crippen molar-refractivity contribution < 1.29 is 24.9 Å². The SMILES string of the molecule is O=C(O)C=Cc1cccc(O)c1C(=O)O. The average Bonchev–Trinajstić information content (AvgIpc) is 2.13. The molecule has 78 valence electrons. The molecular weight excluding hydrogens is 200 g/mol. The standard InChI is InChI=1S/C10H8O5/c11-7-3-1-2-6(4-5-8(12)13)9(7)10(14)15/h1-5,11H,(H,12,13)(H,14,15). The van der Waals surface area contributed by atoms with Gasteiger partial charge in [-0.1, -0.05) is 12.1 Å². The van der Waals surface area contributed by atoms with Crippen molar-refractivity contribution in [2.24, 2.45) is 0 Å². The Bertz CT molecular complexity index is 433. The minimum Gasteiger partial charge on any atom is -0.507 e. The van der Waals surface area contributed by atoms with Crippen LogP contribution in [0.1, 0.15) is 15.9 Å². The van der Waals surface area contributed by atoms with E-state index in [0.29, 0.717) is 0 Å². The van der Waals surface area contributed by atoms with Crippen LogP contribution in [-0.2, 0) is 4.79 Å². The molecule has 0 fully saturated rings.